The predicted octanol–water partition coefficient (Wildman–Crippen LogP) is 3.04. The summed E-state index contributed by atoms with van der Waals surface area (Å²) in [4.78, 5) is 0. The first kappa shape index (κ1) is 17.9. The van der Waals surface area contributed by atoms with Crippen LogP contribution in [-0.2, 0) is 21.0 Å². The highest BCUT2D eigenvalue weighted by molar-refractivity contribution is 7.82. The fourth-order valence-electron chi connectivity index (χ4n) is 1.69. The van der Waals surface area contributed by atoms with Gasteiger partial charge >= 0.3 is 21.0 Å². The Kier molecular flexibility index (Phi) is 5.20. The first-order valence-electron chi connectivity index (χ1n) is 6.27. The lowest BCUT2D eigenvalue weighted by atomic mass is 10.1. The second kappa shape index (κ2) is 6.97. The number of halogens is 2. The van der Waals surface area contributed by atoms with Crippen molar-refractivity contribution in [2.45, 2.75) is 0 Å². The monoisotopic (exact) mass is 376 g/mol. The largest absolute Gasteiger partial charge is 0.488 e. The summed E-state index contributed by atoms with van der Waals surface area (Å²) in [7, 11) is -10.1. The van der Waals surface area contributed by atoms with Crippen LogP contribution < -0.4 is 8.37 Å². The molecule has 0 amide bonds. The summed E-state index contributed by atoms with van der Waals surface area (Å²) in [6, 6.07) is 11.1. The Bertz CT molecular complexity index is 854. The number of rotatable bonds is 6. The number of hydrogen-bond donors (Lipinski definition) is 0. The Balaban J connectivity index is 2.05. The van der Waals surface area contributed by atoms with Crippen LogP contribution >= 0.6 is 0 Å². The second-order valence-corrected chi connectivity index (χ2v) is 6.33. The van der Waals surface area contributed by atoms with Crippen LogP contribution in [0.1, 0.15) is 11.1 Å². The molecule has 0 saturated heterocycles. The van der Waals surface area contributed by atoms with Crippen LogP contribution in [0.3, 0.4) is 0 Å². The molecular formula is C14H10F2O6S2. The Morgan fingerprint density at radius 2 is 0.917 bits per heavy atom. The summed E-state index contributed by atoms with van der Waals surface area (Å²) < 4.78 is 74.2. The molecule has 0 bridgehead atoms. The molecule has 2 aromatic rings. The highest BCUT2D eigenvalue weighted by atomic mass is 32.3. The first-order valence-corrected chi connectivity index (χ1v) is 8.89. The first-order chi connectivity index (χ1) is 11.1. The molecule has 0 fully saturated rings. The highest BCUT2D eigenvalue weighted by Gasteiger charge is 2.09. The van der Waals surface area contributed by atoms with Crippen molar-refractivity contribution in [2.75, 3.05) is 0 Å². The van der Waals surface area contributed by atoms with E-state index in [9.17, 15) is 24.6 Å². The van der Waals surface area contributed by atoms with Crippen molar-refractivity contribution in [1.82, 2.24) is 0 Å². The highest BCUT2D eigenvalue weighted by Crippen LogP contribution is 2.18. The minimum absolute atomic E-state index is 0.163. The normalized spacial score (nSPS) is 12.2. The number of benzene rings is 2. The molecule has 0 aliphatic carbocycles. The lowest BCUT2D eigenvalue weighted by Crippen LogP contribution is -2.00. The zero-order valence-electron chi connectivity index (χ0n) is 11.8. The molecule has 0 unspecified atom stereocenters. The van der Waals surface area contributed by atoms with Crippen LogP contribution in [0.15, 0.2) is 48.5 Å². The SMILES string of the molecule is O=S(=O)(F)Oc1ccc(/C=C/c2ccc(OS(=O)(=O)F)cc2)cc1. The van der Waals surface area contributed by atoms with E-state index in [1.54, 1.807) is 12.2 Å². The summed E-state index contributed by atoms with van der Waals surface area (Å²) in [5.74, 6) is -0.327. The quantitative estimate of drug-likeness (QED) is 0.569. The maximum Gasteiger partial charge on any atom is 0.488 e. The zero-order valence-corrected chi connectivity index (χ0v) is 13.4. The van der Waals surface area contributed by atoms with Crippen molar-refractivity contribution in [3.8, 4) is 11.5 Å². The topological polar surface area (TPSA) is 86.7 Å². The third kappa shape index (κ3) is 6.34. The molecule has 2 rings (SSSR count). The van der Waals surface area contributed by atoms with E-state index in [2.05, 4.69) is 8.37 Å². The molecule has 0 aliphatic heterocycles. The average Bonchev–Trinajstić information content (AvgIpc) is 2.45. The molecule has 0 atom stereocenters. The molecule has 0 spiro atoms. The van der Waals surface area contributed by atoms with E-state index in [-0.39, 0.29) is 11.5 Å². The molecular weight excluding hydrogens is 366 g/mol. The van der Waals surface area contributed by atoms with Crippen LogP contribution in [0.25, 0.3) is 12.2 Å². The van der Waals surface area contributed by atoms with E-state index < -0.39 is 21.0 Å². The van der Waals surface area contributed by atoms with Gasteiger partial charge in [-0.25, -0.2) is 0 Å². The lowest BCUT2D eigenvalue weighted by Gasteiger charge is -2.01. The molecule has 0 radical (unpaired) electrons. The fraction of sp³-hybridized carbons (Fsp3) is 0. The summed E-state index contributed by atoms with van der Waals surface area (Å²) in [5.41, 5.74) is 1.34. The van der Waals surface area contributed by atoms with Gasteiger partial charge in [0.05, 0.1) is 0 Å². The summed E-state index contributed by atoms with van der Waals surface area (Å²) in [5, 5.41) is 0. The minimum Gasteiger partial charge on any atom is -0.358 e. The minimum atomic E-state index is -5.06. The van der Waals surface area contributed by atoms with Crippen molar-refractivity contribution in [1.29, 1.82) is 0 Å². The van der Waals surface area contributed by atoms with Crippen LogP contribution in [0.2, 0.25) is 0 Å². The van der Waals surface area contributed by atoms with Gasteiger partial charge in [0, 0.05) is 0 Å². The van der Waals surface area contributed by atoms with E-state index in [1.165, 1.54) is 48.5 Å². The summed E-state index contributed by atoms with van der Waals surface area (Å²) in [6.45, 7) is 0. The number of hydrogen-bond acceptors (Lipinski definition) is 6. The Hall–Kier alpha value is -2.46. The van der Waals surface area contributed by atoms with E-state index in [4.69, 9.17) is 0 Å². The van der Waals surface area contributed by atoms with E-state index >= 15 is 0 Å². The van der Waals surface area contributed by atoms with Gasteiger partial charge in [-0.15, -0.1) is 0 Å². The third-order valence-corrected chi connectivity index (χ3v) is 3.40. The lowest BCUT2D eigenvalue weighted by molar-refractivity contribution is 0.438. The molecule has 2 aromatic carbocycles. The Morgan fingerprint density at radius 1 is 0.625 bits per heavy atom. The van der Waals surface area contributed by atoms with Gasteiger partial charge in [0.2, 0.25) is 0 Å². The summed E-state index contributed by atoms with van der Waals surface area (Å²) >= 11 is 0. The van der Waals surface area contributed by atoms with Gasteiger partial charge in [0.1, 0.15) is 11.5 Å². The van der Waals surface area contributed by atoms with E-state index in [1.807, 2.05) is 0 Å². The van der Waals surface area contributed by atoms with Gasteiger partial charge in [0.15, 0.2) is 0 Å². The van der Waals surface area contributed by atoms with Gasteiger partial charge in [0.25, 0.3) is 0 Å². The molecule has 128 valence electrons. The van der Waals surface area contributed by atoms with Crippen LogP contribution in [0, 0.1) is 0 Å². The molecule has 0 heterocycles. The summed E-state index contributed by atoms with van der Waals surface area (Å²) in [6.07, 6.45) is 3.32. The van der Waals surface area contributed by atoms with E-state index in [0.717, 1.165) is 0 Å². The van der Waals surface area contributed by atoms with Crippen molar-refractivity contribution in [3.05, 3.63) is 59.7 Å². The van der Waals surface area contributed by atoms with Gasteiger partial charge in [-0.2, -0.15) is 16.8 Å². The second-order valence-electron chi connectivity index (χ2n) is 4.42. The Morgan fingerprint density at radius 3 is 1.17 bits per heavy atom. The van der Waals surface area contributed by atoms with Crippen LogP contribution in [0.5, 0.6) is 11.5 Å². The van der Waals surface area contributed by atoms with Crippen molar-refractivity contribution >= 4 is 33.2 Å². The molecule has 0 aliphatic rings. The van der Waals surface area contributed by atoms with Crippen molar-refractivity contribution < 1.29 is 33.0 Å². The maximum atomic E-state index is 12.3. The molecule has 0 N–H and O–H groups in total. The molecule has 24 heavy (non-hydrogen) atoms. The smallest absolute Gasteiger partial charge is 0.358 e. The van der Waals surface area contributed by atoms with Crippen LogP contribution in [-0.4, -0.2) is 16.8 Å². The molecule has 0 saturated carbocycles. The van der Waals surface area contributed by atoms with Gasteiger partial charge in [-0.3, -0.25) is 0 Å². The molecule has 10 heteroatoms. The van der Waals surface area contributed by atoms with E-state index in [0.29, 0.717) is 11.1 Å². The standard InChI is InChI=1S/C14H10F2O6S2/c15-23(17,18)21-13-7-3-11(4-8-13)1-2-12-5-9-14(10-6-12)22-24(16,19)20/h1-10H/b2-1+. The van der Waals surface area contributed by atoms with Gasteiger partial charge < -0.3 is 8.37 Å². The van der Waals surface area contributed by atoms with Gasteiger partial charge in [-0.1, -0.05) is 44.2 Å². The van der Waals surface area contributed by atoms with Crippen LogP contribution in [0.4, 0.5) is 7.77 Å². The van der Waals surface area contributed by atoms with Crippen molar-refractivity contribution in [2.24, 2.45) is 0 Å². The molecule has 0 aromatic heterocycles. The van der Waals surface area contributed by atoms with Gasteiger partial charge in [-0.05, 0) is 35.4 Å². The average molecular weight is 376 g/mol. The zero-order chi connectivity index (χ0) is 17.8. The fourth-order valence-corrected chi connectivity index (χ4v) is 2.37. The van der Waals surface area contributed by atoms with Crippen molar-refractivity contribution in [3.63, 3.8) is 0 Å². The third-order valence-electron chi connectivity index (χ3n) is 2.62. The molecule has 6 nitrogen and oxygen atoms in total. The predicted molar refractivity (Wildman–Crippen MR) is 83.1 cm³/mol. The Labute approximate surface area is 137 Å². The maximum absolute atomic E-state index is 12.3.